The van der Waals surface area contributed by atoms with E-state index in [1.807, 2.05) is 19.2 Å². The van der Waals surface area contributed by atoms with Gasteiger partial charge >= 0.3 is 0 Å². The first kappa shape index (κ1) is 9.23. The number of benzene rings is 1. The predicted molar refractivity (Wildman–Crippen MR) is 49.9 cm³/mol. The van der Waals surface area contributed by atoms with E-state index in [4.69, 9.17) is 4.74 Å². The molecule has 1 aromatic carbocycles. The first-order valence-corrected chi connectivity index (χ1v) is 4.08. The quantitative estimate of drug-likeness (QED) is 0.731. The molecule has 0 radical (unpaired) electrons. The van der Waals surface area contributed by atoms with Crippen molar-refractivity contribution in [1.29, 1.82) is 0 Å². The van der Waals surface area contributed by atoms with Crippen molar-refractivity contribution in [3.8, 4) is 0 Å². The third-order valence-electron chi connectivity index (χ3n) is 1.79. The molecule has 66 valence electrons. The fourth-order valence-electron chi connectivity index (χ4n) is 1.22. The molecule has 0 atom stereocenters. The van der Waals surface area contributed by atoms with Crippen molar-refractivity contribution < 1.29 is 4.74 Å². The number of nitrogens with one attached hydrogen (secondary N) is 1. The predicted octanol–water partition coefficient (Wildman–Crippen LogP) is 1.55. The highest BCUT2D eigenvalue weighted by atomic mass is 16.5. The normalized spacial score (nSPS) is 10.2. The Morgan fingerprint density at radius 3 is 2.50 bits per heavy atom. The maximum Gasteiger partial charge on any atom is 0.0716 e. The summed E-state index contributed by atoms with van der Waals surface area (Å²) in [6.45, 7) is 1.59. The highest BCUT2D eigenvalue weighted by Crippen LogP contribution is 2.08. The Kier molecular flexibility index (Phi) is 3.77. The Bertz CT molecular complexity index is 210. The van der Waals surface area contributed by atoms with Crippen LogP contribution in [0.1, 0.15) is 11.1 Å². The fraction of sp³-hybridized carbons (Fsp3) is 0.400. The molecule has 1 aromatic rings. The second-order valence-electron chi connectivity index (χ2n) is 2.73. The van der Waals surface area contributed by atoms with Crippen molar-refractivity contribution in [2.75, 3.05) is 14.2 Å². The van der Waals surface area contributed by atoms with Crippen LogP contribution in [0.3, 0.4) is 0 Å². The van der Waals surface area contributed by atoms with Gasteiger partial charge in [-0.1, -0.05) is 24.3 Å². The SMILES string of the molecule is CNCc1ccccc1COC. The average molecular weight is 165 g/mol. The van der Waals surface area contributed by atoms with E-state index in [-0.39, 0.29) is 0 Å². The molecule has 0 saturated heterocycles. The van der Waals surface area contributed by atoms with Gasteiger partial charge in [0.25, 0.3) is 0 Å². The Morgan fingerprint density at radius 1 is 1.25 bits per heavy atom. The van der Waals surface area contributed by atoms with Crippen LogP contribution in [0.25, 0.3) is 0 Å². The molecular weight excluding hydrogens is 150 g/mol. The lowest BCUT2D eigenvalue weighted by molar-refractivity contribution is 0.184. The van der Waals surface area contributed by atoms with Crippen LogP contribution in [0.4, 0.5) is 0 Å². The van der Waals surface area contributed by atoms with Gasteiger partial charge in [0, 0.05) is 13.7 Å². The number of ether oxygens (including phenoxy) is 1. The first-order chi connectivity index (χ1) is 5.88. The highest BCUT2D eigenvalue weighted by Gasteiger charge is 1.98. The van der Waals surface area contributed by atoms with E-state index in [0.717, 1.165) is 6.54 Å². The number of rotatable bonds is 4. The van der Waals surface area contributed by atoms with Crippen molar-refractivity contribution >= 4 is 0 Å². The summed E-state index contributed by atoms with van der Waals surface area (Å²) in [5.74, 6) is 0. The maximum absolute atomic E-state index is 5.09. The van der Waals surface area contributed by atoms with Crippen molar-refractivity contribution in [3.63, 3.8) is 0 Å². The number of methoxy groups -OCH3 is 1. The molecule has 0 spiro atoms. The standard InChI is InChI=1S/C10H15NO/c1-11-7-9-5-3-4-6-10(9)8-12-2/h3-6,11H,7-8H2,1-2H3. The zero-order chi connectivity index (χ0) is 8.81. The molecule has 0 heterocycles. The molecule has 0 unspecified atom stereocenters. The molecule has 0 amide bonds. The lowest BCUT2D eigenvalue weighted by Gasteiger charge is -2.07. The van der Waals surface area contributed by atoms with Gasteiger partial charge in [-0.05, 0) is 18.2 Å². The van der Waals surface area contributed by atoms with Gasteiger partial charge in [-0.3, -0.25) is 0 Å². The number of hydrogen-bond donors (Lipinski definition) is 1. The van der Waals surface area contributed by atoms with E-state index >= 15 is 0 Å². The summed E-state index contributed by atoms with van der Waals surface area (Å²) in [4.78, 5) is 0. The minimum absolute atomic E-state index is 0.692. The highest BCUT2D eigenvalue weighted by molar-refractivity contribution is 5.26. The average Bonchev–Trinajstić information content (AvgIpc) is 2.09. The Morgan fingerprint density at radius 2 is 1.92 bits per heavy atom. The summed E-state index contributed by atoms with van der Waals surface area (Å²) < 4.78 is 5.09. The van der Waals surface area contributed by atoms with Crippen molar-refractivity contribution in [2.24, 2.45) is 0 Å². The fourth-order valence-corrected chi connectivity index (χ4v) is 1.22. The zero-order valence-corrected chi connectivity index (χ0v) is 7.63. The number of hydrogen-bond acceptors (Lipinski definition) is 2. The molecule has 12 heavy (non-hydrogen) atoms. The molecule has 0 saturated carbocycles. The van der Waals surface area contributed by atoms with E-state index in [1.165, 1.54) is 11.1 Å². The molecule has 0 aromatic heterocycles. The molecule has 0 aliphatic rings. The Hall–Kier alpha value is -0.860. The van der Waals surface area contributed by atoms with Crippen LogP contribution < -0.4 is 5.32 Å². The molecule has 2 heteroatoms. The van der Waals surface area contributed by atoms with Gasteiger partial charge in [-0.25, -0.2) is 0 Å². The lowest BCUT2D eigenvalue weighted by atomic mass is 10.1. The Labute approximate surface area is 73.6 Å². The van der Waals surface area contributed by atoms with Crippen molar-refractivity contribution in [1.82, 2.24) is 5.32 Å². The maximum atomic E-state index is 5.09. The molecule has 2 nitrogen and oxygen atoms in total. The van der Waals surface area contributed by atoms with Gasteiger partial charge in [-0.15, -0.1) is 0 Å². The molecule has 0 fully saturated rings. The third kappa shape index (κ3) is 2.32. The molecule has 0 bridgehead atoms. The molecule has 0 aliphatic carbocycles. The summed E-state index contributed by atoms with van der Waals surface area (Å²) in [7, 11) is 3.67. The summed E-state index contributed by atoms with van der Waals surface area (Å²) >= 11 is 0. The third-order valence-corrected chi connectivity index (χ3v) is 1.79. The second kappa shape index (κ2) is 4.91. The minimum Gasteiger partial charge on any atom is -0.380 e. The topological polar surface area (TPSA) is 21.3 Å². The van der Waals surface area contributed by atoms with Crippen molar-refractivity contribution in [2.45, 2.75) is 13.2 Å². The largest absolute Gasteiger partial charge is 0.380 e. The Balaban J connectivity index is 2.77. The molecule has 0 aliphatic heterocycles. The van der Waals surface area contributed by atoms with E-state index in [1.54, 1.807) is 7.11 Å². The van der Waals surface area contributed by atoms with Gasteiger partial charge in [0.1, 0.15) is 0 Å². The van der Waals surface area contributed by atoms with Gasteiger partial charge in [0.15, 0.2) is 0 Å². The van der Waals surface area contributed by atoms with E-state index in [2.05, 4.69) is 17.4 Å². The van der Waals surface area contributed by atoms with Gasteiger partial charge in [0.05, 0.1) is 6.61 Å². The lowest BCUT2D eigenvalue weighted by Crippen LogP contribution is -2.07. The monoisotopic (exact) mass is 165 g/mol. The molecular formula is C10H15NO. The van der Waals surface area contributed by atoms with Crippen LogP contribution in [-0.4, -0.2) is 14.2 Å². The van der Waals surface area contributed by atoms with Crippen LogP contribution in [0.15, 0.2) is 24.3 Å². The van der Waals surface area contributed by atoms with E-state index < -0.39 is 0 Å². The van der Waals surface area contributed by atoms with Crippen LogP contribution in [-0.2, 0) is 17.9 Å². The van der Waals surface area contributed by atoms with Crippen molar-refractivity contribution in [3.05, 3.63) is 35.4 Å². The summed E-state index contributed by atoms with van der Waals surface area (Å²) in [6, 6.07) is 8.29. The van der Waals surface area contributed by atoms with Crippen LogP contribution >= 0.6 is 0 Å². The summed E-state index contributed by atoms with van der Waals surface area (Å²) in [5, 5.41) is 3.13. The molecule has 1 rings (SSSR count). The summed E-state index contributed by atoms with van der Waals surface area (Å²) in [5.41, 5.74) is 2.57. The zero-order valence-electron chi connectivity index (χ0n) is 7.63. The van der Waals surface area contributed by atoms with E-state index in [9.17, 15) is 0 Å². The van der Waals surface area contributed by atoms with Crippen LogP contribution in [0.2, 0.25) is 0 Å². The van der Waals surface area contributed by atoms with Gasteiger partial charge in [-0.2, -0.15) is 0 Å². The smallest absolute Gasteiger partial charge is 0.0716 e. The molecule has 1 N–H and O–H groups in total. The minimum atomic E-state index is 0.692. The van der Waals surface area contributed by atoms with E-state index in [0.29, 0.717) is 6.61 Å². The van der Waals surface area contributed by atoms with Crippen LogP contribution in [0.5, 0.6) is 0 Å². The summed E-state index contributed by atoms with van der Waals surface area (Å²) in [6.07, 6.45) is 0. The first-order valence-electron chi connectivity index (χ1n) is 4.08. The second-order valence-corrected chi connectivity index (χ2v) is 2.73. The van der Waals surface area contributed by atoms with Gasteiger partial charge in [0.2, 0.25) is 0 Å². The van der Waals surface area contributed by atoms with Gasteiger partial charge < -0.3 is 10.1 Å². The van der Waals surface area contributed by atoms with Crippen LogP contribution in [0, 0.1) is 0 Å².